The molecule has 3 atom stereocenters. The summed E-state index contributed by atoms with van der Waals surface area (Å²) in [6, 6.07) is 10.6. The zero-order chi connectivity index (χ0) is 14.9. The summed E-state index contributed by atoms with van der Waals surface area (Å²) in [4.78, 5) is 14.6. The zero-order valence-electron chi connectivity index (χ0n) is 13.2. The molecule has 2 fully saturated rings. The molecule has 1 aromatic carbocycles. The fraction of sp³-hybridized carbons (Fsp3) is 0.550. The van der Waals surface area contributed by atoms with Gasteiger partial charge < -0.3 is 4.90 Å². The molecule has 0 radical (unpaired) electrons. The maximum atomic E-state index is 12.6. The van der Waals surface area contributed by atoms with E-state index in [1.54, 1.807) is 0 Å². The molecule has 116 valence electrons. The van der Waals surface area contributed by atoms with E-state index in [1.165, 1.54) is 36.8 Å². The summed E-state index contributed by atoms with van der Waals surface area (Å²) < 4.78 is 0. The number of hydrogen-bond donors (Lipinski definition) is 0. The number of benzene rings is 1. The first-order valence-corrected chi connectivity index (χ1v) is 8.82. The standard InChI is InChI=1S/C20H25NO/c22-20(14-19-13-15-6-7-18(19)12-15)21-10-8-17(9-11-21)16-4-2-1-3-5-16/h1-5,8,15,18-19H,6-7,9-14H2. The molecule has 2 bridgehead atoms. The van der Waals surface area contributed by atoms with E-state index in [0.29, 0.717) is 11.8 Å². The van der Waals surface area contributed by atoms with Gasteiger partial charge in [-0.1, -0.05) is 42.8 Å². The lowest BCUT2D eigenvalue weighted by atomic mass is 9.86. The Morgan fingerprint density at radius 3 is 2.64 bits per heavy atom. The number of nitrogens with zero attached hydrogens (tertiary/aromatic N) is 1. The molecule has 0 N–H and O–H groups in total. The number of carbonyl (C=O) groups is 1. The van der Waals surface area contributed by atoms with E-state index in [4.69, 9.17) is 0 Å². The van der Waals surface area contributed by atoms with Crippen molar-refractivity contribution < 1.29 is 4.79 Å². The van der Waals surface area contributed by atoms with Crippen molar-refractivity contribution >= 4 is 11.5 Å². The van der Waals surface area contributed by atoms with Crippen molar-refractivity contribution in [2.24, 2.45) is 17.8 Å². The van der Waals surface area contributed by atoms with Crippen molar-refractivity contribution in [2.45, 2.75) is 38.5 Å². The van der Waals surface area contributed by atoms with Gasteiger partial charge >= 0.3 is 0 Å². The molecule has 3 unspecified atom stereocenters. The summed E-state index contributed by atoms with van der Waals surface area (Å²) in [5.74, 6) is 2.87. The molecule has 1 heterocycles. The normalized spacial score (nSPS) is 30.5. The SMILES string of the molecule is O=C(CC1CC2CCC1C2)N1CC=C(c2ccccc2)CC1. The van der Waals surface area contributed by atoms with Crippen molar-refractivity contribution in [3.63, 3.8) is 0 Å². The van der Waals surface area contributed by atoms with Gasteiger partial charge in [0.15, 0.2) is 0 Å². The van der Waals surface area contributed by atoms with Crippen LogP contribution < -0.4 is 0 Å². The van der Waals surface area contributed by atoms with Crippen LogP contribution in [0.3, 0.4) is 0 Å². The molecule has 1 amide bonds. The summed E-state index contributed by atoms with van der Waals surface area (Å²) >= 11 is 0. The average Bonchev–Trinajstić information content (AvgIpc) is 3.19. The highest BCUT2D eigenvalue weighted by Crippen LogP contribution is 2.49. The highest BCUT2D eigenvalue weighted by atomic mass is 16.2. The molecule has 4 rings (SSSR count). The Kier molecular flexibility index (Phi) is 3.77. The van der Waals surface area contributed by atoms with Crippen LogP contribution in [0.4, 0.5) is 0 Å². The Morgan fingerprint density at radius 1 is 1.14 bits per heavy atom. The van der Waals surface area contributed by atoms with Crippen LogP contribution in [-0.2, 0) is 4.79 Å². The van der Waals surface area contributed by atoms with Crippen molar-refractivity contribution in [1.29, 1.82) is 0 Å². The Labute approximate surface area is 133 Å². The van der Waals surface area contributed by atoms with Gasteiger partial charge in [0, 0.05) is 19.5 Å². The Morgan fingerprint density at radius 2 is 2.00 bits per heavy atom. The number of amides is 1. The minimum Gasteiger partial charge on any atom is -0.339 e. The van der Waals surface area contributed by atoms with Gasteiger partial charge in [-0.3, -0.25) is 4.79 Å². The van der Waals surface area contributed by atoms with E-state index in [0.717, 1.165) is 37.8 Å². The quantitative estimate of drug-likeness (QED) is 0.821. The van der Waals surface area contributed by atoms with Crippen LogP contribution in [0, 0.1) is 17.8 Å². The van der Waals surface area contributed by atoms with Crippen LogP contribution in [0.15, 0.2) is 36.4 Å². The van der Waals surface area contributed by atoms with Gasteiger partial charge in [0.1, 0.15) is 0 Å². The van der Waals surface area contributed by atoms with E-state index in [2.05, 4.69) is 41.3 Å². The van der Waals surface area contributed by atoms with E-state index < -0.39 is 0 Å². The van der Waals surface area contributed by atoms with Gasteiger partial charge in [0.05, 0.1) is 0 Å². The smallest absolute Gasteiger partial charge is 0.223 e. The summed E-state index contributed by atoms with van der Waals surface area (Å²) in [5.41, 5.74) is 2.70. The number of rotatable bonds is 3. The van der Waals surface area contributed by atoms with Gasteiger partial charge in [-0.05, 0) is 54.6 Å². The summed E-state index contributed by atoms with van der Waals surface area (Å²) in [6.07, 6.45) is 9.55. The van der Waals surface area contributed by atoms with Gasteiger partial charge in [0.2, 0.25) is 5.91 Å². The van der Waals surface area contributed by atoms with Crippen LogP contribution in [0.1, 0.15) is 44.1 Å². The monoisotopic (exact) mass is 295 g/mol. The molecule has 2 heteroatoms. The fourth-order valence-corrected chi connectivity index (χ4v) is 4.79. The molecule has 2 aliphatic carbocycles. The van der Waals surface area contributed by atoms with Crippen LogP contribution in [0.5, 0.6) is 0 Å². The van der Waals surface area contributed by atoms with Crippen LogP contribution in [0.2, 0.25) is 0 Å². The Bertz CT molecular complexity index is 577. The fourth-order valence-electron chi connectivity index (χ4n) is 4.79. The molecular weight excluding hydrogens is 270 g/mol. The van der Waals surface area contributed by atoms with E-state index in [1.807, 2.05) is 0 Å². The van der Waals surface area contributed by atoms with E-state index in [9.17, 15) is 4.79 Å². The highest BCUT2D eigenvalue weighted by molar-refractivity contribution is 5.78. The Hall–Kier alpha value is -1.57. The lowest BCUT2D eigenvalue weighted by Gasteiger charge is -2.29. The topological polar surface area (TPSA) is 20.3 Å². The van der Waals surface area contributed by atoms with Gasteiger partial charge in [0.25, 0.3) is 0 Å². The predicted octanol–water partition coefficient (Wildman–Crippen LogP) is 4.13. The van der Waals surface area contributed by atoms with Crippen LogP contribution >= 0.6 is 0 Å². The molecule has 22 heavy (non-hydrogen) atoms. The molecule has 0 aromatic heterocycles. The van der Waals surface area contributed by atoms with Gasteiger partial charge in [-0.15, -0.1) is 0 Å². The third-order valence-electron chi connectivity index (χ3n) is 6.03. The van der Waals surface area contributed by atoms with Crippen molar-refractivity contribution in [3.05, 3.63) is 42.0 Å². The first-order valence-electron chi connectivity index (χ1n) is 8.82. The molecule has 1 aromatic rings. The zero-order valence-corrected chi connectivity index (χ0v) is 13.2. The number of carbonyl (C=O) groups excluding carboxylic acids is 1. The third-order valence-corrected chi connectivity index (χ3v) is 6.03. The second-order valence-corrected chi connectivity index (χ2v) is 7.32. The van der Waals surface area contributed by atoms with Crippen molar-refractivity contribution in [3.8, 4) is 0 Å². The van der Waals surface area contributed by atoms with Gasteiger partial charge in [-0.2, -0.15) is 0 Å². The molecular formula is C20H25NO. The molecule has 3 aliphatic rings. The molecule has 2 nitrogen and oxygen atoms in total. The predicted molar refractivity (Wildman–Crippen MR) is 89.2 cm³/mol. The summed E-state index contributed by atoms with van der Waals surface area (Å²) in [6.45, 7) is 1.68. The van der Waals surface area contributed by atoms with Crippen molar-refractivity contribution in [1.82, 2.24) is 4.90 Å². The largest absolute Gasteiger partial charge is 0.339 e. The first kappa shape index (κ1) is 14.0. The number of fused-ring (bicyclic) bond motifs is 2. The average molecular weight is 295 g/mol. The second kappa shape index (κ2) is 5.91. The van der Waals surface area contributed by atoms with E-state index in [-0.39, 0.29) is 0 Å². The minimum absolute atomic E-state index is 0.390. The third kappa shape index (κ3) is 2.71. The van der Waals surface area contributed by atoms with Crippen molar-refractivity contribution in [2.75, 3.05) is 13.1 Å². The van der Waals surface area contributed by atoms with E-state index >= 15 is 0 Å². The van der Waals surface area contributed by atoms with Gasteiger partial charge in [-0.25, -0.2) is 0 Å². The highest BCUT2D eigenvalue weighted by Gasteiger charge is 2.40. The van der Waals surface area contributed by atoms with Crippen LogP contribution in [0.25, 0.3) is 5.57 Å². The minimum atomic E-state index is 0.390. The van der Waals surface area contributed by atoms with Crippen LogP contribution in [-0.4, -0.2) is 23.9 Å². The first-order chi connectivity index (χ1) is 10.8. The maximum Gasteiger partial charge on any atom is 0.223 e. The second-order valence-electron chi connectivity index (χ2n) is 7.32. The number of hydrogen-bond acceptors (Lipinski definition) is 1. The molecule has 2 saturated carbocycles. The Balaban J connectivity index is 1.35. The summed E-state index contributed by atoms with van der Waals surface area (Å²) in [5, 5.41) is 0. The summed E-state index contributed by atoms with van der Waals surface area (Å²) in [7, 11) is 0. The lowest BCUT2D eigenvalue weighted by Crippen LogP contribution is -2.36. The molecule has 1 aliphatic heterocycles. The molecule has 0 saturated heterocycles. The lowest BCUT2D eigenvalue weighted by molar-refractivity contribution is -0.132. The molecule has 0 spiro atoms. The maximum absolute atomic E-state index is 12.6.